The van der Waals surface area contributed by atoms with E-state index in [9.17, 15) is 9.50 Å². The van der Waals surface area contributed by atoms with Crippen molar-refractivity contribution in [1.82, 2.24) is 9.97 Å². The van der Waals surface area contributed by atoms with Crippen LogP contribution in [0.15, 0.2) is 0 Å². The van der Waals surface area contributed by atoms with E-state index < -0.39 is 11.7 Å². The number of nitrogens with one attached hydrogen (secondary N) is 1. The number of nitrogen functional groups attached to an aromatic ring is 1. The zero-order valence-electron chi connectivity index (χ0n) is 10.6. The fraction of sp³-hybridized carbons (Fsp3) is 0.500. The molecule has 20 heavy (non-hydrogen) atoms. The molecule has 0 aliphatic carbocycles. The van der Waals surface area contributed by atoms with E-state index >= 15 is 0 Å². The minimum absolute atomic E-state index is 0.0540. The van der Waals surface area contributed by atoms with E-state index in [0.717, 1.165) is 0 Å². The molecule has 106 valence electrons. The molecule has 3 heterocycles. The van der Waals surface area contributed by atoms with Gasteiger partial charge in [0.15, 0.2) is 17.2 Å². The van der Waals surface area contributed by atoms with Gasteiger partial charge in [0.1, 0.15) is 11.9 Å². The van der Waals surface area contributed by atoms with Crippen molar-refractivity contribution < 1.29 is 14.2 Å². The van der Waals surface area contributed by atoms with Crippen molar-refractivity contribution in [2.24, 2.45) is 0 Å². The van der Waals surface area contributed by atoms with Gasteiger partial charge in [-0.1, -0.05) is 5.92 Å². The summed E-state index contributed by atoms with van der Waals surface area (Å²) in [6, 6.07) is 0. The highest BCUT2D eigenvalue weighted by Gasteiger charge is 2.43. The Morgan fingerprint density at radius 2 is 2.45 bits per heavy atom. The predicted octanol–water partition coefficient (Wildman–Crippen LogP) is -0.112. The lowest BCUT2D eigenvalue weighted by molar-refractivity contribution is -0.0341. The van der Waals surface area contributed by atoms with Gasteiger partial charge in [-0.15, -0.1) is 6.42 Å². The molecule has 0 bridgehead atoms. The number of hydrogen-bond donors (Lipinski definition) is 3. The van der Waals surface area contributed by atoms with Crippen LogP contribution in [0, 0.1) is 18.4 Å². The average molecular weight is 279 g/mol. The summed E-state index contributed by atoms with van der Waals surface area (Å²) in [6.07, 6.45) is 5.27. The molecular formula is C12H14FN5O2. The van der Waals surface area contributed by atoms with Gasteiger partial charge in [-0.3, -0.25) is 0 Å². The first-order chi connectivity index (χ1) is 9.58. The van der Waals surface area contributed by atoms with Crippen molar-refractivity contribution >= 4 is 17.3 Å². The largest absolute Gasteiger partial charge is 0.392 e. The van der Waals surface area contributed by atoms with Gasteiger partial charge >= 0.3 is 6.08 Å². The fourth-order valence-corrected chi connectivity index (χ4v) is 2.52. The van der Waals surface area contributed by atoms with Crippen LogP contribution in [0.5, 0.6) is 0 Å². The second kappa shape index (κ2) is 4.47. The molecule has 2 aliphatic heterocycles. The summed E-state index contributed by atoms with van der Waals surface area (Å²) in [5.41, 5.74) is 5.15. The molecular weight excluding hydrogens is 265 g/mol. The molecule has 0 amide bonds. The summed E-state index contributed by atoms with van der Waals surface area (Å²) >= 11 is 0. The Hall–Kier alpha value is -2.11. The summed E-state index contributed by atoms with van der Waals surface area (Å²) < 4.78 is 19.0. The molecule has 4 N–H and O–H groups in total. The first-order valence-electron chi connectivity index (χ1n) is 6.18. The van der Waals surface area contributed by atoms with E-state index in [4.69, 9.17) is 16.9 Å². The second-order valence-corrected chi connectivity index (χ2v) is 4.79. The highest BCUT2D eigenvalue weighted by atomic mass is 19.1. The van der Waals surface area contributed by atoms with Crippen LogP contribution < -0.4 is 16.0 Å². The topological polar surface area (TPSA) is 96.5 Å². The van der Waals surface area contributed by atoms with Crippen LogP contribution in [-0.4, -0.2) is 40.2 Å². The van der Waals surface area contributed by atoms with Crippen molar-refractivity contribution in [2.75, 3.05) is 29.2 Å². The van der Waals surface area contributed by atoms with Gasteiger partial charge in [0.05, 0.1) is 13.3 Å². The van der Waals surface area contributed by atoms with E-state index in [1.165, 1.54) is 0 Å². The summed E-state index contributed by atoms with van der Waals surface area (Å²) in [6.45, 7) is 0.114. The lowest BCUT2D eigenvalue weighted by atomic mass is 10.0. The summed E-state index contributed by atoms with van der Waals surface area (Å²) in [5.74, 6) is 2.88. The predicted molar refractivity (Wildman–Crippen MR) is 70.1 cm³/mol. The average Bonchev–Trinajstić information content (AvgIpc) is 3.02. The van der Waals surface area contributed by atoms with Crippen molar-refractivity contribution in [3.63, 3.8) is 0 Å². The summed E-state index contributed by atoms with van der Waals surface area (Å²) in [7, 11) is 0. The van der Waals surface area contributed by atoms with Gasteiger partial charge in [0.25, 0.3) is 0 Å². The number of aliphatic hydroxyl groups excluding tert-OH is 1. The van der Waals surface area contributed by atoms with Gasteiger partial charge in [0.2, 0.25) is 0 Å². The Labute approximate surface area is 115 Å². The Balaban J connectivity index is 1.88. The number of aromatic nitrogens is 2. The maximum absolute atomic E-state index is 13.3. The minimum Gasteiger partial charge on any atom is -0.392 e. The van der Waals surface area contributed by atoms with Crippen LogP contribution >= 0.6 is 0 Å². The van der Waals surface area contributed by atoms with Crippen LogP contribution in [0.3, 0.4) is 0 Å². The quantitative estimate of drug-likeness (QED) is 0.513. The smallest absolute Gasteiger partial charge is 0.312 e. The number of nitrogens with zero attached hydrogens (tertiary/aromatic N) is 3. The first kappa shape index (κ1) is 12.9. The molecule has 7 nitrogen and oxygen atoms in total. The number of anilines is 3. The fourth-order valence-electron chi connectivity index (χ4n) is 2.52. The number of terminal acetylenes is 1. The third-order valence-corrected chi connectivity index (χ3v) is 3.61. The van der Waals surface area contributed by atoms with Crippen LogP contribution in [0.1, 0.15) is 12.8 Å². The SMILES string of the molecule is C#CC1(CO)CCC(N2CNc3c(N)nc(F)nc32)O1. The molecule has 1 fully saturated rings. The standard InChI is InChI=1S/C12H14FN5O2/c1-2-12(5-19)4-3-7(20-12)18-6-15-8-9(14)16-11(13)17-10(8)18/h1,7,15,19H,3-6H2,(H2,14,16,17). The zero-order chi connectivity index (χ0) is 14.3. The normalized spacial score (nSPS) is 28.1. The van der Waals surface area contributed by atoms with Crippen molar-refractivity contribution in [1.29, 1.82) is 0 Å². The van der Waals surface area contributed by atoms with Crippen LogP contribution in [0.4, 0.5) is 21.7 Å². The molecule has 2 aliphatic rings. The van der Waals surface area contributed by atoms with Gasteiger partial charge in [-0.2, -0.15) is 14.4 Å². The number of fused-ring (bicyclic) bond motifs is 1. The first-order valence-corrected chi connectivity index (χ1v) is 6.18. The molecule has 3 rings (SSSR count). The molecule has 2 atom stereocenters. The number of aliphatic hydroxyl groups is 1. The third kappa shape index (κ3) is 1.83. The molecule has 1 aromatic rings. The van der Waals surface area contributed by atoms with Crippen molar-refractivity contribution in [3.05, 3.63) is 6.08 Å². The molecule has 0 radical (unpaired) electrons. The maximum atomic E-state index is 13.3. The van der Waals surface area contributed by atoms with Gasteiger partial charge < -0.3 is 25.8 Å². The minimum atomic E-state index is -0.982. The van der Waals surface area contributed by atoms with E-state index in [1.54, 1.807) is 4.90 Å². The monoisotopic (exact) mass is 279 g/mol. The number of nitrogens with two attached hydrogens (primary N) is 1. The highest BCUT2D eigenvalue weighted by molar-refractivity contribution is 5.80. The number of rotatable bonds is 2. The lowest BCUT2D eigenvalue weighted by Gasteiger charge is -2.27. The van der Waals surface area contributed by atoms with Gasteiger partial charge in [-0.25, -0.2) is 0 Å². The van der Waals surface area contributed by atoms with Crippen molar-refractivity contribution in [2.45, 2.75) is 24.7 Å². The second-order valence-electron chi connectivity index (χ2n) is 4.79. The Morgan fingerprint density at radius 3 is 3.10 bits per heavy atom. The zero-order valence-corrected chi connectivity index (χ0v) is 10.6. The molecule has 0 saturated carbocycles. The Kier molecular flexibility index (Phi) is 2.88. The molecule has 1 saturated heterocycles. The highest BCUT2D eigenvalue weighted by Crippen LogP contribution is 2.39. The van der Waals surface area contributed by atoms with Gasteiger partial charge in [0, 0.05) is 0 Å². The number of hydrogen-bond acceptors (Lipinski definition) is 7. The molecule has 0 aromatic carbocycles. The molecule has 1 aromatic heterocycles. The summed E-state index contributed by atoms with van der Waals surface area (Å²) in [4.78, 5) is 8.94. The van der Waals surface area contributed by atoms with Crippen LogP contribution in [0.25, 0.3) is 0 Å². The van der Waals surface area contributed by atoms with E-state index in [1.807, 2.05) is 0 Å². The molecule has 0 spiro atoms. The van der Waals surface area contributed by atoms with E-state index in [-0.39, 0.29) is 18.7 Å². The third-order valence-electron chi connectivity index (χ3n) is 3.61. The van der Waals surface area contributed by atoms with E-state index in [2.05, 4.69) is 21.2 Å². The molecule has 8 heteroatoms. The maximum Gasteiger partial charge on any atom is 0.312 e. The lowest BCUT2D eigenvalue weighted by Crippen LogP contribution is -2.39. The summed E-state index contributed by atoms with van der Waals surface area (Å²) in [5, 5.41) is 12.4. The van der Waals surface area contributed by atoms with Crippen LogP contribution in [0.2, 0.25) is 0 Å². The Morgan fingerprint density at radius 1 is 1.65 bits per heavy atom. The molecule has 2 unspecified atom stereocenters. The Bertz CT molecular complexity index is 590. The number of halogens is 1. The number of ether oxygens (including phenoxy) is 1. The van der Waals surface area contributed by atoms with Crippen LogP contribution in [-0.2, 0) is 4.74 Å². The van der Waals surface area contributed by atoms with Gasteiger partial charge in [-0.05, 0) is 12.8 Å². The van der Waals surface area contributed by atoms with Crippen molar-refractivity contribution in [3.8, 4) is 12.3 Å². The van der Waals surface area contributed by atoms with E-state index in [0.29, 0.717) is 31.0 Å².